The van der Waals surface area contributed by atoms with Crippen molar-refractivity contribution in [3.05, 3.63) is 59.5 Å². The number of carbonyl (C=O) groups is 1. The van der Waals surface area contributed by atoms with Crippen LogP contribution in [0.15, 0.2) is 42.7 Å². The van der Waals surface area contributed by atoms with E-state index in [1.807, 2.05) is 24.3 Å². The van der Waals surface area contributed by atoms with Crippen molar-refractivity contribution in [3.63, 3.8) is 0 Å². The Hall–Kier alpha value is -3.32. The first kappa shape index (κ1) is 23.8. The van der Waals surface area contributed by atoms with Crippen LogP contribution in [-0.2, 0) is 6.54 Å². The van der Waals surface area contributed by atoms with Crippen molar-refractivity contribution in [3.8, 4) is 6.07 Å². The summed E-state index contributed by atoms with van der Waals surface area (Å²) in [4.78, 5) is 26.9. The third-order valence-corrected chi connectivity index (χ3v) is 5.87. The van der Waals surface area contributed by atoms with Crippen LogP contribution < -0.4 is 10.4 Å². The Morgan fingerprint density at radius 3 is 2.53 bits per heavy atom. The van der Waals surface area contributed by atoms with Crippen LogP contribution in [0.3, 0.4) is 0 Å². The standard InChI is InChI=1S/C25H32N8O/c1-25(2,3)18-28-33(22-15-21(16-26)29-24-27-9-10-32(22)24)23(34)20-7-5-19(6-8-20)17-31-13-11-30(4)12-14-31/h5-10,15,28H,11-14,17-18H2,1-4H3. The number of anilines is 1. The molecule has 9 heteroatoms. The van der Waals surface area contributed by atoms with E-state index in [-0.39, 0.29) is 17.0 Å². The smallest absolute Gasteiger partial charge is 0.273 e. The highest BCUT2D eigenvalue weighted by Crippen LogP contribution is 2.21. The van der Waals surface area contributed by atoms with Gasteiger partial charge in [-0.05, 0) is 30.2 Å². The molecule has 1 N–H and O–H groups in total. The van der Waals surface area contributed by atoms with Crippen molar-refractivity contribution in [1.29, 1.82) is 5.26 Å². The zero-order valence-corrected chi connectivity index (χ0v) is 20.3. The summed E-state index contributed by atoms with van der Waals surface area (Å²) in [5.74, 6) is 0.655. The first-order valence-electron chi connectivity index (χ1n) is 11.6. The number of nitrogens with zero attached hydrogens (tertiary/aromatic N) is 7. The fourth-order valence-electron chi connectivity index (χ4n) is 3.84. The number of rotatable bonds is 6. The highest BCUT2D eigenvalue weighted by Gasteiger charge is 2.24. The summed E-state index contributed by atoms with van der Waals surface area (Å²) >= 11 is 0. The van der Waals surface area contributed by atoms with Crippen molar-refractivity contribution in [2.75, 3.05) is 44.8 Å². The summed E-state index contributed by atoms with van der Waals surface area (Å²) in [5.41, 5.74) is 5.16. The normalized spacial score (nSPS) is 15.4. The highest BCUT2D eigenvalue weighted by atomic mass is 16.2. The zero-order valence-electron chi connectivity index (χ0n) is 20.3. The van der Waals surface area contributed by atoms with E-state index in [2.05, 4.69) is 59.1 Å². The Labute approximate surface area is 200 Å². The van der Waals surface area contributed by atoms with Gasteiger partial charge in [-0.25, -0.2) is 20.4 Å². The molecule has 0 saturated carbocycles. The van der Waals surface area contributed by atoms with Gasteiger partial charge in [0.15, 0.2) is 0 Å². The number of piperazine rings is 1. The molecule has 2 aromatic heterocycles. The molecule has 0 aliphatic carbocycles. The summed E-state index contributed by atoms with van der Waals surface area (Å²) in [7, 11) is 2.15. The maximum absolute atomic E-state index is 13.7. The predicted molar refractivity (Wildman–Crippen MR) is 131 cm³/mol. The molecule has 9 nitrogen and oxygen atoms in total. The number of hydrogen-bond donors (Lipinski definition) is 1. The summed E-state index contributed by atoms with van der Waals surface area (Å²) in [6, 6.07) is 11.5. The van der Waals surface area contributed by atoms with Crippen molar-refractivity contribution >= 4 is 17.5 Å². The molecule has 1 aromatic carbocycles. The number of aromatic nitrogens is 3. The molecule has 0 bridgehead atoms. The molecule has 1 aliphatic rings. The fourth-order valence-corrected chi connectivity index (χ4v) is 3.84. The third-order valence-electron chi connectivity index (χ3n) is 5.87. The number of nitriles is 1. The molecule has 178 valence electrons. The molecule has 0 atom stereocenters. The predicted octanol–water partition coefficient (Wildman–Crippen LogP) is 2.55. The lowest BCUT2D eigenvalue weighted by Crippen LogP contribution is -2.47. The van der Waals surface area contributed by atoms with Crippen LogP contribution in [0.2, 0.25) is 0 Å². The summed E-state index contributed by atoms with van der Waals surface area (Å²) in [5, 5.41) is 11.0. The van der Waals surface area contributed by atoms with Gasteiger partial charge in [0.2, 0.25) is 5.78 Å². The molecule has 1 amide bonds. The second kappa shape index (κ2) is 9.89. The van der Waals surface area contributed by atoms with Gasteiger partial charge in [0.1, 0.15) is 17.6 Å². The average molecular weight is 461 g/mol. The second-order valence-electron chi connectivity index (χ2n) is 10.0. The summed E-state index contributed by atoms with van der Waals surface area (Å²) < 4.78 is 1.70. The minimum atomic E-state index is -0.208. The van der Waals surface area contributed by atoms with Gasteiger partial charge in [-0.1, -0.05) is 32.9 Å². The molecule has 0 radical (unpaired) electrons. The number of hydrazine groups is 1. The van der Waals surface area contributed by atoms with Crippen LogP contribution >= 0.6 is 0 Å². The van der Waals surface area contributed by atoms with Crippen LogP contribution in [0.4, 0.5) is 5.82 Å². The lowest BCUT2D eigenvalue weighted by atomic mass is 9.97. The van der Waals surface area contributed by atoms with Crippen LogP contribution in [0.5, 0.6) is 0 Å². The van der Waals surface area contributed by atoms with E-state index in [0.29, 0.717) is 23.7 Å². The Bertz CT molecular complexity index is 1180. The maximum Gasteiger partial charge on any atom is 0.273 e. The monoisotopic (exact) mass is 460 g/mol. The molecular formula is C25H32N8O. The molecule has 4 rings (SSSR count). The third kappa shape index (κ3) is 5.59. The van der Waals surface area contributed by atoms with Crippen LogP contribution in [0, 0.1) is 16.7 Å². The molecular weight excluding hydrogens is 428 g/mol. The van der Waals surface area contributed by atoms with Gasteiger partial charge in [0.05, 0.1) is 0 Å². The van der Waals surface area contributed by atoms with Gasteiger partial charge in [-0.2, -0.15) is 5.26 Å². The maximum atomic E-state index is 13.7. The Morgan fingerprint density at radius 2 is 1.88 bits per heavy atom. The van der Waals surface area contributed by atoms with Gasteiger partial charge in [0, 0.05) is 63.3 Å². The Balaban J connectivity index is 1.60. The number of benzene rings is 1. The lowest BCUT2D eigenvalue weighted by Gasteiger charge is -2.32. The van der Waals surface area contributed by atoms with E-state index < -0.39 is 0 Å². The Morgan fingerprint density at radius 1 is 1.18 bits per heavy atom. The average Bonchev–Trinajstić information content (AvgIpc) is 3.29. The first-order chi connectivity index (χ1) is 16.2. The molecule has 3 heterocycles. The van der Waals surface area contributed by atoms with Crippen molar-refractivity contribution in [1.82, 2.24) is 29.6 Å². The van der Waals surface area contributed by atoms with E-state index in [1.54, 1.807) is 22.9 Å². The molecule has 1 saturated heterocycles. The Kier molecular flexibility index (Phi) is 6.93. The minimum absolute atomic E-state index is 0.0654. The number of amides is 1. The largest absolute Gasteiger partial charge is 0.304 e. The zero-order chi connectivity index (χ0) is 24.3. The molecule has 3 aromatic rings. The number of imidazole rings is 1. The van der Waals surface area contributed by atoms with Crippen molar-refractivity contribution in [2.45, 2.75) is 27.3 Å². The van der Waals surface area contributed by atoms with Crippen molar-refractivity contribution in [2.24, 2.45) is 5.41 Å². The van der Waals surface area contributed by atoms with E-state index in [4.69, 9.17) is 0 Å². The number of likely N-dealkylation sites (N-methyl/N-ethyl adjacent to an activating group) is 1. The minimum Gasteiger partial charge on any atom is -0.304 e. The van der Waals surface area contributed by atoms with Gasteiger partial charge < -0.3 is 4.90 Å². The molecule has 34 heavy (non-hydrogen) atoms. The number of nitrogens with one attached hydrogen (secondary N) is 1. The van der Waals surface area contributed by atoms with Gasteiger partial charge in [0.25, 0.3) is 5.91 Å². The van der Waals surface area contributed by atoms with Crippen molar-refractivity contribution < 1.29 is 4.79 Å². The van der Waals surface area contributed by atoms with E-state index in [9.17, 15) is 10.1 Å². The van der Waals surface area contributed by atoms with Gasteiger partial charge >= 0.3 is 0 Å². The fraction of sp³-hybridized carbons (Fsp3) is 0.440. The number of carbonyl (C=O) groups excluding carboxylic acids is 1. The molecule has 0 unspecified atom stereocenters. The van der Waals surface area contributed by atoms with Gasteiger partial charge in [-0.15, -0.1) is 0 Å². The highest BCUT2D eigenvalue weighted by molar-refractivity contribution is 6.05. The second-order valence-corrected chi connectivity index (χ2v) is 10.0. The van der Waals surface area contributed by atoms with Crippen LogP contribution in [0.25, 0.3) is 5.78 Å². The van der Waals surface area contributed by atoms with E-state index in [1.165, 1.54) is 10.6 Å². The van der Waals surface area contributed by atoms with Crippen LogP contribution in [0.1, 0.15) is 42.4 Å². The summed E-state index contributed by atoms with van der Waals surface area (Å²) in [6.45, 7) is 12.0. The molecule has 1 aliphatic heterocycles. The van der Waals surface area contributed by atoms with E-state index >= 15 is 0 Å². The van der Waals surface area contributed by atoms with E-state index in [0.717, 1.165) is 32.7 Å². The first-order valence-corrected chi connectivity index (χ1v) is 11.6. The summed E-state index contributed by atoms with van der Waals surface area (Å²) in [6.07, 6.45) is 3.34. The molecule has 0 spiro atoms. The number of fused-ring (bicyclic) bond motifs is 1. The van der Waals surface area contributed by atoms with Gasteiger partial charge in [-0.3, -0.25) is 14.1 Å². The van der Waals surface area contributed by atoms with Crippen LogP contribution in [-0.4, -0.2) is 69.8 Å². The molecule has 1 fully saturated rings. The quantitative estimate of drug-likeness (QED) is 0.565. The lowest BCUT2D eigenvalue weighted by molar-refractivity contribution is 0.0969. The topological polar surface area (TPSA) is 92.8 Å². The SMILES string of the molecule is CN1CCN(Cc2ccc(C(=O)N(NCC(C)(C)C)c3cc(C#N)nc4nccn34)cc2)CC1. The number of hydrogen-bond acceptors (Lipinski definition) is 7.